The average molecular weight is 523 g/mol. The lowest BCUT2D eigenvalue weighted by Gasteiger charge is -2.34. The Hall–Kier alpha value is -3.21. The van der Waals surface area contributed by atoms with Crippen molar-refractivity contribution in [3.8, 4) is 5.69 Å². The van der Waals surface area contributed by atoms with Crippen LogP contribution in [0.2, 0.25) is 10.0 Å². The number of para-hydroxylation sites is 1. The zero-order valence-corrected chi connectivity index (χ0v) is 19.9. The van der Waals surface area contributed by atoms with E-state index in [1.54, 1.807) is 58.5 Å². The summed E-state index contributed by atoms with van der Waals surface area (Å²) in [4.78, 5) is 28.1. The van der Waals surface area contributed by atoms with Crippen molar-refractivity contribution in [2.45, 2.75) is 6.43 Å². The van der Waals surface area contributed by atoms with Crippen molar-refractivity contribution in [3.05, 3.63) is 70.0 Å². The van der Waals surface area contributed by atoms with Gasteiger partial charge in [0.2, 0.25) is 0 Å². The molecular formula is C23H22Cl2F2N6O2. The number of aromatic nitrogens is 2. The van der Waals surface area contributed by atoms with Gasteiger partial charge in [0, 0.05) is 37.4 Å². The number of nitrogens with zero attached hydrogens (tertiary/aromatic N) is 4. The Balaban J connectivity index is 1.48. The molecule has 2 aromatic carbocycles. The molecule has 1 fully saturated rings. The molecule has 2 heterocycles. The van der Waals surface area contributed by atoms with Gasteiger partial charge in [0.05, 0.1) is 28.5 Å². The van der Waals surface area contributed by atoms with Gasteiger partial charge in [-0.3, -0.25) is 14.5 Å². The molecule has 1 aliphatic rings. The number of rotatable bonds is 7. The van der Waals surface area contributed by atoms with Gasteiger partial charge in [0.25, 0.3) is 18.2 Å². The van der Waals surface area contributed by atoms with E-state index in [0.717, 1.165) is 0 Å². The lowest BCUT2D eigenvalue weighted by molar-refractivity contribution is 0.0459. The summed E-state index contributed by atoms with van der Waals surface area (Å²) in [6.45, 7) is 1.31. The van der Waals surface area contributed by atoms with Gasteiger partial charge in [-0.1, -0.05) is 29.3 Å². The molecule has 3 aromatic rings. The van der Waals surface area contributed by atoms with Crippen molar-refractivity contribution in [2.75, 3.05) is 38.0 Å². The Bertz CT molecular complexity index is 1210. The van der Waals surface area contributed by atoms with Crippen LogP contribution in [-0.4, -0.2) is 70.5 Å². The topological polar surface area (TPSA) is 96.5 Å². The van der Waals surface area contributed by atoms with Gasteiger partial charge in [0.15, 0.2) is 5.69 Å². The summed E-state index contributed by atoms with van der Waals surface area (Å²) in [5.74, 6) is -0.917. The number of hydrogen-bond acceptors (Lipinski definition) is 5. The lowest BCUT2D eigenvalue weighted by Crippen LogP contribution is -2.49. The van der Waals surface area contributed by atoms with E-state index >= 15 is 0 Å². The zero-order chi connectivity index (χ0) is 25.1. The number of piperazine rings is 1. The lowest BCUT2D eigenvalue weighted by atomic mass is 10.1. The van der Waals surface area contributed by atoms with E-state index in [9.17, 15) is 18.4 Å². The molecule has 1 aromatic heterocycles. The van der Waals surface area contributed by atoms with E-state index in [1.165, 1.54) is 4.68 Å². The highest BCUT2D eigenvalue weighted by molar-refractivity contribution is 6.37. The summed E-state index contributed by atoms with van der Waals surface area (Å²) < 4.78 is 26.5. The number of alkyl halides is 2. The minimum Gasteiger partial charge on any atom is -0.364 e. The van der Waals surface area contributed by atoms with E-state index in [1.807, 2.05) is 0 Å². The van der Waals surface area contributed by atoms with Crippen molar-refractivity contribution in [3.63, 3.8) is 0 Å². The van der Waals surface area contributed by atoms with E-state index in [4.69, 9.17) is 28.9 Å². The Morgan fingerprint density at radius 2 is 1.66 bits per heavy atom. The van der Waals surface area contributed by atoms with Crippen molar-refractivity contribution >= 4 is 46.4 Å². The fourth-order valence-corrected chi connectivity index (χ4v) is 4.40. The van der Waals surface area contributed by atoms with E-state index in [0.29, 0.717) is 58.8 Å². The minimum absolute atomic E-state index is 0.0113. The maximum Gasteiger partial charge on any atom is 0.271 e. The van der Waals surface area contributed by atoms with Crippen molar-refractivity contribution in [2.24, 2.45) is 5.73 Å². The van der Waals surface area contributed by atoms with Crippen molar-refractivity contribution in [1.82, 2.24) is 19.6 Å². The highest BCUT2D eigenvalue weighted by Crippen LogP contribution is 2.30. The van der Waals surface area contributed by atoms with Crippen LogP contribution < -0.4 is 11.1 Å². The number of benzene rings is 2. The molecule has 0 saturated carbocycles. The van der Waals surface area contributed by atoms with Gasteiger partial charge in [-0.2, -0.15) is 5.10 Å². The summed E-state index contributed by atoms with van der Waals surface area (Å²) in [6.07, 6.45) is -0.841. The van der Waals surface area contributed by atoms with E-state index in [2.05, 4.69) is 10.4 Å². The molecule has 0 radical (unpaired) electrons. The second kappa shape index (κ2) is 10.6. The molecule has 2 amide bonds. The Labute approximate surface area is 210 Å². The summed E-state index contributed by atoms with van der Waals surface area (Å²) in [7, 11) is 0. The molecule has 4 rings (SSSR count). The maximum atomic E-state index is 12.8. The Kier molecular flexibility index (Phi) is 7.54. The molecule has 12 heteroatoms. The zero-order valence-electron chi connectivity index (χ0n) is 18.4. The summed E-state index contributed by atoms with van der Waals surface area (Å²) in [5, 5.41) is 8.00. The first-order valence-electron chi connectivity index (χ1n) is 10.7. The average Bonchev–Trinajstić information content (AvgIpc) is 3.22. The maximum absolute atomic E-state index is 12.8. The Morgan fingerprint density at radius 1 is 1.03 bits per heavy atom. The normalized spacial score (nSPS) is 14.4. The van der Waals surface area contributed by atoms with Gasteiger partial charge in [-0.15, -0.1) is 0 Å². The van der Waals surface area contributed by atoms with Crippen molar-refractivity contribution < 1.29 is 18.4 Å². The molecule has 0 spiro atoms. The predicted molar refractivity (Wildman–Crippen MR) is 130 cm³/mol. The van der Waals surface area contributed by atoms with Crippen LogP contribution in [0.1, 0.15) is 20.8 Å². The van der Waals surface area contributed by atoms with Gasteiger partial charge in [-0.25, -0.2) is 13.5 Å². The number of halogens is 4. The van der Waals surface area contributed by atoms with Crippen LogP contribution in [-0.2, 0) is 0 Å². The quantitative estimate of drug-likeness (QED) is 0.488. The van der Waals surface area contributed by atoms with E-state index in [-0.39, 0.29) is 18.1 Å². The molecule has 0 unspecified atom stereocenters. The minimum atomic E-state index is -2.39. The predicted octanol–water partition coefficient (Wildman–Crippen LogP) is 4.04. The number of nitrogens with two attached hydrogens (primary N) is 1. The number of carbonyl (C=O) groups excluding carboxylic acids is 2. The summed E-state index contributed by atoms with van der Waals surface area (Å²) >= 11 is 12.5. The first-order valence-corrected chi connectivity index (χ1v) is 11.5. The number of primary amides is 1. The monoisotopic (exact) mass is 522 g/mol. The third-order valence-electron chi connectivity index (χ3n) is 5.58. The molecule has 1 saturated heterocycles. The van der Waals surface area contributed by atoms with Crippen LogP contribution >= 0.6 is 23.2 Å². The molecule has 0 atom stereocenters. The van der Waals surface area contributed by atoms with Crippen LogP contribution in [0.3, 0.4) is 0 Å². The van der Waals surface area contributed by atoms with Crippen LogP contribution in [0.15, 0.2) is 48.7 Å². The molecule has 0 aliphatic carbocycles. The summed E-state index contributed by atoms with van der Waals surface area (Å²) in [6, 6.07) is 11.7. The molecule has 0 bridgehead atoms. The third-order valence-corrected chi connectivity index (χ3v) is 6.19. The number of carbonyl (C=O) groups is 2. The Morgan fingerprint density at radius 3 is 2.23 bits per heavy atom. The smallest absolute Gasteiger partial charge is 0.271 e. The molecule has 8 nitrogen and oxygen atoms in total. The molecule has 184 valence electrons. The van der Waals surface area contributed by atoms with Gasteiger partial charge >= 0.3 is 0 Å². The summed E-state index contributed by atoms with van der Waals surface area (Å²) in [5.41, 5.74) is 7.29. The second-order valence-corrected chi connectivity index (χ2v) is 8.77. The van der Waals surface area contributed by atoms with E-state index < -0.39 is 12.3 Å². The number of anilines is 2. The first-order chi connectivity index (χ1) is 16.7. The van der Waals surface area contributed by atoms with Gasteiger partial charge < -0.3 is 16.0 Å². The largest absolute Gasteiger partial charge is 0.364 e. The van der Waals surface area contributed by atoms with Crippen molar-refractivity contribution in [1.29, 1.82) is 0 Å². The van der Waals surface area contributed by atoms with Gasteiger partial charge in [0.1, 0.15) is 5.69 Å². The van der Waals surface area contributed by atoms with Crippen LogP contribution in [0.5, 0.6) is 0 Å². The molecule has 3 N–H and O–H groups in total. The van der Waals surface area contributed by atoms with Gasteiger partial charge in [-0.05, 0) is 36.4 Å². The molecule has 1 aliphatic heterocycles. The van der Waals surface area contributed by atoms with Crippen LogP contribution in [0.25, 0.3) is 5.69 Å². The standard InChI is InChI=1S/C23H22Cl2F2N6O2/c24-16-2-1-3-17(25)21(16)33-12-18(20(30-33)22(28)34)29-15-6-4-14(5-7-15)23(35)32-10-8-31(9-11-32)13-19(26)27/h1-7,12,19,29H,8-11,13H2,(H2,28,34). The number of hydrogen-bond donors (Lipinski definition) is 2. The third kappa shape index (κ3) is 5.72. The first kappa shape index (κ1) is 24.9. The fourth-order valence-electron chi connectivity index (χ4n) is 3.83. The second-order valence-electron chi connectivity index (χ2n) is 7.96. The van der Waals surface area contributed by atoms with Crippen LogP contribution in [0.4, 0.5) is 20.2 Å². The number of nitrogens with one attached hydrogen (secondary N) is 1. The highest BCUT2D eigenvalue weighted by Gasteiger charge is 2.24. The fraction of sp³-hybridized carbons (Fsp3) is 0.261. The van der Waals surface area contributed by atoms with Crippen LogP contribution in [0, 0.1) is 0 Å². The SMILES string of the molecule is NC(=O)c1nn(-c2c(Cl)cccc2Cl)cc1Nc1ccc(C(=O)N2CCN(CC(F)F)CC2)cc1. The highest BCUT2D eigenvalue weighted by atomic mass is 35.5. The molecular weight excluding hydrogens is 501 g/mol. The molecule has 35 heavy (non-hydrogen) atoms. The number of amides is 2.